The fourth-order valence-corrected chi connectivity index (χ4v) is 4.02. The number of benzene rings is 1. The van der Waals surface area contributed by atoms with Crippen molar-refractivity contribution in [2.45, 2.75) is 23.8 Å². The molecule has 1 aromatic carbocycles. The van der Waals surface area contributed by atoms with Gasteiger partial charge in [-0.25, -0.2) is 17.9 Å². The molecule has 0 amide bonds. The van der Waals surface area contributed by atoms with Crippen molar-refractivity contribution >= 4 is 32.7 Å². The molecule has 0 aliphatic carbocycles. The summed E-state index contributed by atoms with van der Waals surface area (Å²) in [6, 6.07) is 2.67. The van der Waals surface area contributed by atoms with Gasteiger partial charge in [0, 0.05) is 26.3 Å². The highest BCUT2D eigenvalue weighted by molar-refractivity contribution is 7.89. The fraction of sp³-hybridized carbons (Fsp3) is 0.462. The molecule has 120 valence electrons. The molecule has 0 bridgehead atoms. The third-order valence-electron chi connectivity index (χ3n) is 3.66. The first-order chi connectivity index (χ1) is 10.4. The molecule has 0 radical (unpaired) electrons. The molecule has 1 fully saturated rings. The quantitative estimate of drug-likeness (QED) is 0.899. The molecule has 1 aromatic heterocycles. The van der Waals surface area contributed by atoms with Gasteiger partial charge in [-0.2, -0.15) is 0 Å². The number of aromatic nitrogens is 1. The van der Waals surface area contributed by atoms with Crippen molar-refractivity contribution in [1.82, 2.24) is 9.29 Å². The lowest BCUT2D eigenvalue weighted by molar-refractivity contribution is 0.114. The number of hydrogen-bond acceptors (Lipinski definition) is 5. The lowest BCUT2D eigenvalue weighted by Crippen LogP contribution is -2.32. The van der Waals surface area contributed by atoms with Crippen molar-refractivity contribution in [3.8, 4) is 0 Å². The van der Waals surface area contributed by atoms with Gasteiger partial charge >= 0.3 is 5.76 Å². The number of oxazole rings is 1. The Morgan fingerprint density at radius 1 is 1.45 bits per heavy atom. The number of hydrogen-bond donors (Lipinski definition) is 1. The van der Waals surface area contributed by atoms with Crippen LogP contribution in [0.5, 0.6) is 0 Å². The second-order valence-corrected chi connectivity index (χ2v) is 7.31. The maximum absolute atomic E-state index is 12.4. The highest BCUT2D eigenvalue weighted by Crippen LogP contribution is 2.27. The van der Waals surface area contributed by atoms with Crippen molar-refractivity contribution in [1.29, 1.82) is 0 Å². The van der Waals surface area contributed by atoms with Gasteiger partial charge in [0.15, 0.2) is 5.58 Å². The van der Waals surface area contributed by atoms with Crippen LogP contribution in [0.25, 0.3) is 11.1 Å². The summed E-state index contributed by atoms with van der Waals surface area (Å²) in [5.41, 5.74) is 0.613. The molecular weight excluding hydrogens is 332 g/mol. The molecule has 2 heterocycles. The summed E-state index contributed by atoms with van der Waals surface area (Å²) >= 11 is 6.06. The van der Waals surface area contributed by atoms with E-state index in [1.54, 1.807) is 0 Å². The number of aryl methyl sites for hydroxylation is 1. The summed E-state index contributed by atoms with van der Waals surface area (Å²) < 4.78 is 38.9. The van der Waals surface area contributed by atoms with E-state index in [1.807, 2.05) is 0 Å². The lowest BCUT2D eigenvalue weighted by Gasteiger charge is -2.12. The van der Waals surface area contributed by atoms with Crippen molar-refractivity contribution in [2.75, 3.05) is 13.2 Å². The third-order valence-corrected chi connectivity index (χ3v) is 5.55. The molecule has 1 aliphatic heterocycles. The van der Waals surface area contributed by atoms with Gasteiger partial charge < -0.3 is 9.15 Å². The number of sulfonamides is 1. The van der Waals surface area contributed by atoms with E-state index < -0.39 is 15.8 Å². The zero-order valence-electron chi connectivity index (χ0n) is 11.8. The minimum absolute atomic E-state index is 0.0312. The largest absolute Gasteiger partial charge is 0.419 e. The van der Waals surface area contributed by atoms with Crippen molar-refractivity contribution in [2.24, 2.45) is 7.05 Å². The third kappa shape index (κ3) is 2.79. The van der Waals surface area contributed by atoms with Crippen LogP contribution in [0.15, 0.2) is 26.2 Å². The smallest absolute Gasteiger partial charge is 0.408 e. The minimum atomic E-state index is -3.81. The van der Waals surface area contributed by atoms with Gasteiger partial charge in [0.05, 0.1) is 16.6 Å². The zero-order chi connectivity index (χ0) is 15.9. The summed E-state index contributed by atoms with van der Waals surface area (Å²) in [4.78, 5) is 11.4. The summed E-state index contributed by atoms with van der Waals surface area (Å²) in [5, 5.41) is 0.0312. The standard InChI is InChI=1S/C13H15ClN2O5S/c1-16-10-5-9(14)12(6-11(10)21-13(16)17)22(18,19)15-7-8-3-2-4-20-8/h5-6,8,15H,2-4,7H2,1H3/t8-/m0/s1. The van der Waals surface area contributed by atoms with Crippen molar-refractivity contribution < 1.29 is 17.6 Å². The van der Waals surface area contributed by atoms with E-state index in [4.69, 9.17) is 20.8 Å². The topological polar surface area (TPSA) is 90.5 Å². The molecule has 1 saturated heterocycles. The normalized spacial score (nSPS) is 19.1. The Morgan fingerprint density at radius 2 is 2.23 bits per heavy atom. The second kappa shape index (κ2) is 5.69. The predicted octanol–water partition coefficient (Wildman–Crippen LogP) is 1.24. The van der Waals surface area contributed by atoms with Gasteiger partial charge in [-0.3, -0.25) is 4.57 Å². The van der Waals surface area contributed by atoms with E-state index in [2.05, 4.69) is 4.72 Å². The Labute approximate surface area is 131 Å². The Kier molecular flexibility index (Phi) is 4.02. The Balaban J connectivity index is 1.93. The molecule has 0 unspecified atom stereocenters. The van der Waals surface area contributed by atoms with Crippen molar-refractivity contribution in [3.63, 3.8) is 0 Å². The number of halogens is 1. The van der Waals surface area contributed by atoms with Crippen LogP contribution in [0.3, 0.4) is 0 Å². The van der Waals surface area contributed by atoms with E-state index in [-0.39, 0.29) is 28.1 Å². The molecule has 3 rings (SSSR count). The molecule has 1 atom stereocenters. The van der Waals surface area contributed by atoms with Crippen LogP contribution in [-0.2, 0) is 21.8 Å². The van der Waals surface area contributed by atoms with Crippen LogP contribution >= 0.6 is 11.6 Å². The summed E-state index contributed by atoms with van der Waals surface area (Å²) in [6.45, 7) is 0.837. The number of fused-ring (bicyclic) bond motifs is 1. The van der Waals surface area contributed by atoms with E-state index in [9.17, 15) is 13.2 Å². The molecule has 7 nitrogen and oxygen atoms in total. The molecule has 22 heavy (non-hydrogen) atoms. The van der Waals surface area contributed by atoms with E-state index >= 15 is 0 Å². The van der Waals surface area contributed by atoms with Crippen LogP contribution in [-0.4, -0.2) is 32.2 Å². The summed E-state index contributed by atoms with van der Waals surface area (Å²) in [7, 11) is -2.28. The molecule has 0 spiro atoms. The molecule has 1 N–H and O–H groups in total. The maximum atomic E-state index is 12.4. The number of nitrogens with zero attached hydrogens (tertiary/aromatic N) is 1. The summed E-state index contributed by atoms with van der Waals surface area (Å²) in [5.74, 6) is -0.576. The van der Waals surface area contributed by atoms with Gasteiger partial charge in [0.25, 0.3) is 0 Å². The monoisotopic (exact) mass is 346 g/mol. The predicted molar refractivity (Wildman–Crippen MR) is 80.6 cm³/mol. The Hall–Kier alpha value is -1.35. The first-order valence-corrected chi connectivity index (χ1v) is 8.65. The number of rotatable bonds is 4. The first kappa shape index (κ1) is 15.5. The van der Waals surface area contributed by atoms with Crippen LogP contribution in [0, 0.1) is 0 Å². The second-order valence-electron chi connectivity index (χ2n) is 5.16. The molecule has 1 aliphatic rings. The zero-order valence-corrected chi connectivity index (χ0v) is 13.4. The van der Waals surface area contributed by atoms with E-state index in [0.29, 0.717) is 12.1 Å². The summed E-state index contributed by atoms with van der Waals surface area (Å²) in [6.07, 6.45) is 1.63. The Morgan fingerprint density at radius 3 is 2.91 bits per heavy atom. The molecule has 9 heteroatoms. The number of ether oxygens (including phenoxy) is 1. The molecule has 0 saturated carbocycles. The first-order valence-electron chi connectivity index (χ1n) is 6.79. The van der Waals surface area contributed by atoms with Crippen molar-refractivity contribution in [3.05, 3.63) is 27.7 Å². The van der Waals surface area contributed by atoms with E-state index in [0.717, 1.165) is 12.8 Å². The average Bonchev–Trinajstić information content (AvgIpc) is 3.07. The highest BCUT2D eigenvalue weighted by Gasteiger charge is 2.23. The van der Waals surface area contributed by atoms with Gasteiger partial charge in [-0.1, -0.05) is 11.6 Å². The maximum Gasteiger partial charge on any atom is 0.419 e. The number of nitrogens with one attached hydrogen (secondary N) is 1. The van der Waals surface area contributed by atoms with Crippen LogP contribution < -0.4 is 10.5 Å². The van der Waals surface area contributed by atoms with Gasteiger partial charge in [0.1, 0.15) is 4.90 Å². The highest BCUT2D eigenvalue weighted by atomic mass is 35.5. The van der Waals surface area contributed by atoms with E-state index in [1.165, 1.54) is 23.7 Å². The molecular formula is C13H15ClN2O5S. The lowest BCUT2D eigenvalue weighted by atomic mass is 10.2. The fourth-order valence-electron chi connectivity index (χ4n) is 2.42. The van der Waals surface area contributed by atoms with Gasteiger partial charge in [-0.15, -0.1) is 0 Å². The minimum Gasteiger partial charge on any atom is -0.408 e. The van der Waals surface area contributed by atoms with Crippen LogP contribution in [0.1, 0.15) is 12.8 Å². The SMILES string of the molecule is Cn1c(=O)oc2cc(S(=O)(=O)NC[C@@H]3CCCO3)c(Cl)cc21. The average molecular weight is 347 g/mol. The van der Waals surface area contributed by atoms with Crippen LogP contribution in [0.2, 0.25) is 5.02 Å². The van der Waals surface area contributed by atoms with Gasteiger partial charge in [0.2, 0.25) is 10.0 Å². The van der Waals surface area contributed by atoms with Crippen LogP contribution in [0.4, 0.5) is 0 Å². The molecule has 2 aromatic rings. The van der Waals surface area contributed by atoms with Gasteiger partial charge in [-0.05, 0) is 18.9 Å². The Bertz CT molecular complexity index is 864.